The zero-order chi connectivity index (χ0) is 5.33. The van der Waals surface area contributed by atoms with Gasteiger partial charge in [-0.1, -0.05) is 6.08 Å². The van der Waals surface area contributed by atoms with Crippen molar-refractivity contribution in [1.82, 2.24) is 0 Å². The molecular weight excluding hydrogens is 126 g/mol. The number of rotatable bonds is 1. The average molecular weight is 136 g/mol. The van der Waals surface area contributed by atoms with Crippen LogP contribution in [0.4, 0.5) is 0 Å². The first-order valence-corrected chi connectivity index (χ1v) is 2.27. The van der Waals surface area contributed by atoms with Crippen LogP contribution in [0.2, 0.25) is 0 Å². The van der Waals surface area contributed by atoms with Crippen molar-refractivity contribution in [3.63, 3.8) is 0 Å². The SMILES string of the molecule is C=CC1(N)COC1.Cl. The Morgan fingerprint density at radius 1 is 1.62 bits per heavy atom. The number of halogens is 1. The van der Waals surface area contributed by atoms with Crippen LogP contribution in [0.5, 0.6) is 0 Å². The summed E-state index contributed by atoms with van der Waals surface area (Å²) in [6.45, 7) is 4.82. The van der Waals surface area contributed by atoms with Gasteiger partial charge in [0.2, 0.25) is 0 Å². The molecule has 1 aliphatic rings. The Labute approximate surface area is 55.1 Å². The van der Waals surface area contributed by atoms with Crippen LogP contribution in [0.15, 0.2) is 12.7 Å². The predicted molar refractivity (Wildman–Crippen MR) is 35.2 cm³/mol. The minimum Gasteiger partial charge on any atom is -0.377 e. The molecule has 0 amide bonds. The van der Waals surface area contributed by atoms with Crippen LogP contribution in [0.3, 0.4) is 0 Å². The molecule has 0 bridgehead atoms. The van der Waals surface area contributed by atoms with Crippen LogP contribution >= 0.6 is 12.4 Å². The quantitative estimate of drug-likeness (QED) is 0.526. The molecule has 1 saturated heterocycles. The van der Waals surface area contributed by atoms with Crippen LogP contribution < -0.4 is 5.73 Å². The van der Waals surface area contributed by atoms with Crippen LogP contribution in [0, 0.1) is 0 Å². The van der Waals surface area contributed by atoms with E-state index < -0.39 is 0 Å². The van der Waals surface area contributed by atoms with Gasteiger partial charge in [-0.15, -0.1) is 19.0 Å². The highest BCUT2D eigenvalue weighted by Gasteiger charge is 2.29. The molecule has 1 heterocycles. The van der Waals surface area contributed by atoms with E-state index in [1.165, 1.54) is 0 Å². The lowest BCUT2D eigenvalue weighted by Crippen LogP contribution is -2.55. The fourth-order valence-corrected chi connectivity index (χ4v) is 0.456. The van der Waals surface area contributed by atoms with E-state index in [-0.39, 0.29) is 17.9 Å². The van der Waals surface area contributed by atoms with E-state index in [9.17, 15) is 0 Å². The minimum absolute atomic E-state index is 0. The highest BCUT2D eigenvalue weighted by molar-refractivity contribution is 5.85. The van der Waals surface area contributed by atoms with Gasteiger partial charge in [0.05, 0.1) is 18.8 Å². The van der Waals surface area contributed by atoms with Crippen molar-refractivity contribution in [2.75, 3.05) is 13.2 Å². The molecule has 2 nitrogen and oxygen atoms in total. The maximum Gasteiger partial charge on any atom is 0.0811 e. The van der Waals surface area contributed by atoms with Gasteiger partial charge >= 0.3 is 0 Å². The molecule has 1 fully saturated rings. The Balaban J connectivity index is 0.000000490. The molecule has 48 valence electrons. The van der Waals surface area contributed by atoms with Crippen LogP contribution in [-0.4, -0.2) is 18.8 Å². The fraction of sp³-hybridized carbons (Fsp3) is 0.600. The molecule has 0 saturated carbocycles. The summed E-state index contributed by atoms with van der Waals surface area (Å²) in [7, 11) is 0. The lowest BCUT2D eigenvalue weighted by atomic mass is 10.0. The molecule has 1 aliphatic heterocycles. The summed E-state index contributed by atoms with van der Waals surface area (Å²) in [4.78, 5) is 0. The molecule has 0 aliphatic carbocycles. The van der Waals surface area contributed by atoms with Gasteiger partial charge < -0.3 is 10.5 Å². The third-order valence-corrected chi connectivity index (χ3v) is 1.15. The summed E-state index contributed by atoms with van der Waals surface area (Å²) in [5.41, 5.74) is 5.36. The monoisotopic (exact) mass is 135 g/mol. The van der Waals surface area contributed by atoms with Crippen LogP contribution in [0.1, 0.15) is 0 Å². The summed E-state index contributed by atoms with van der Waals surface area (Å²) < 4.78 is 4.83. The van der Waals surface area contributed by atoms with E-state index in [4.69, 9.17) is 10.5 Å². The summed E-state index contributed by atoms with van der Waals surface area (Å²) in [6.07, 6.45) is 1.73. The molecule has 0 unspecified atom stereocenters. The predicted octanol–water partition coefficient (Wildman–Crippen LogP) is 0.322. The zero-order valence-electron chi connectivity index (χ0n) is 4.59. The van der Waals surface area contributed by atoms with E-state index in [1.54, 1.807) is 6.08 Å². The second-order valence-electron chi connectivity index (χ2n) is 1.93. The topological polar surface area (TPSA) is 35.2 Å². The summed E-state index contributed by atoms with van der Waals surface area (Å²) in [6, 6.07) is 0. The van der Waals surface area contributed by atoms with Crippen molar-refractivity contribution in [3.8, 4) is 0 Å². The standard InChI is InChI=1S/C5H9NO.ClH/c1-2-5(6)3-7-4-5;/h2H,1,3-4,6H2;1H. The van der Waals surface area contributed by atoms with Gasteiger partial charge in [0.25, 0.3) is 0 Å². The molecule has 0 spiro atoms. The minimum atomic E-state index is -0.194. The molecular formula is C5H10ClNO. The summed E-state index contributed by atoms with van der Waals surface area (Å²) in [5.74, 6) is 0. The molecule has 1 rings (SSSR count). The first-order valence-electron chi connectivity index (χ1n) is 2.27. The van der Waals surface area contributed by atoms with Crippen molar-refractivity contribution in [1.29, 1.82) is 0 Å². The van der Waals surface area contributed by atoms with Crippen molar-refractivity contribution >= 4 is 12.4 Å². The van der Waals surface area contributed by atoms with Gasteiger partial charge in [0.15, 0.2) is 0 Å². The van der Waals surface area contributed by atoms with Crippen molar-refractivity contribution in [2.24, 2.45) is 5.73 Å². The number of hydrogen-bond donors (Lipinski definition) is 1. The first-order chi connectivity index (χ1) is 3.27. The summed E-state index contributed by atoms with van der Waals surface area (Å²) in [5, 5.41) is 0. The molecule has 0 radical (unpaired) electrons. The number of hydrogen-bond acceptors (Lipinski definition) is 2. The molecule has 8 heavy (non-hydrogen) atoms. The Kier molecular flexibility index (Phi) is 2.47. The van der Waals surface area contributed by atoms with E-state index >= 15 is 0 Å². The van der Waals surface area contributed by atoms with E-state index in [0.29, 0.717) is 13.2 Å². The average Bonchev–Trinajstić information content (AvgIpc) is 1.61. The van der Waals surface area contributed by atoms with E-state index in [1.807, 2.05) is 0 Å². The first kappa shape index (κ1) is 7.95. The molecule has 0 aromatic carbocycles. The number of nitrogens with two attached hydrogens (primary N) is 1. The highest BCUT2D eigenvalue weighted by Crippen LogP contribution is 2.12. The Morgan fingerprint density at radius 2 is 2.12 bits per heavy atom. The van der Waals surface area contributed by atoms with Gasteiger partial charge in [0.1, 0.15) is 0 Å². The van der Waals surface area contributed by atoms with Gasteiger partial charge in [-0.05, 0) is 0 Å². The lowest BCUT2D eigenvalue weighted by molar-refractivity contribution is -0.0277. The number of ether oxygens (including phenoxy) is 1. The van der Waals surface area contributed by atoms with Crippen molar-refractivity contribution in [3.05, 3.63) is 12.7 Å². The smallest absolute Gasteiger partial charge is 0.0811 e. The Morgan fingerprint density at radius 3 is 2.12 bits per heavy atom. The second kappa shape index (κ2) is 2.49. The lowest BCUT2D eigenvalue weighted by Gasteiger charge is -2.34. The second-order valence-corrected chi connectivity index (χ2v) is 1.93. The van der Waals surface area contributed by atoms with Gasteiger partial charge in [-0.3, -0.25) is 0 Å². The Bertz CT molecular complexity index is 90.4. The van der Waals surface area contributed by atoms with Gasteiger partial charge in [-0.2, -0.15) is 0 Å². The zero-order valence-corrected chi connectivity index (χ0v) is 5.41. The molecule has 0 atom stereocenters. The highest BCUT2D eigenvalue weighted by atomic mass is 35.5. The maximum absolute atomic E-state index is 5.56. The van der Waals surface area contributed by atoms with Crippen LogP contribution in [0.25, 0.3) is 0 Å². The summed E-state index contributed by atoms with van der Waals surface area (Å²) >= 11 is 0. The molecule has 0 aromatic rings. The third kappa shape index (κ3) is 1.22. The molecule has 0 aromatic heterocycles. The molecule has 2 N–H and O–H groups in total. The van der Waals surface area contributed by atoms with Gasteiger partial charge in [-0.25, -0.2) is 0 Å². The largest absolute Gasteiger partial charge is 0.377 e. The van der Waals surface area contributed by atoms with E-state index in [2.05, 4.69) is 6.58 Å². The third-order valence-electron chi connectivity index (χ3n) is 1.15. The van der Waals surface area contributed by atoms with Crippen molar-refractivity contribution < 1.29 is 4.74 Å². The fourth-order valence-electron chi connectivity index (χ4n) is 0.456. The van der Waals surface area contributed by atoms with Crippen molar-refractivity contribution in [2.45, 2.75) is 5.54 Å². The maximum atomic E-state index is 5.56. The van der Waals surface area contributed by atoms with Gasteiger partial charge in [0, 0.05) is 0 Å². The normalized spacial score (nSPS) is 22.6. The Hall–Kier alpha value is -0.0500. The molecule has 3 heteroatoms. The van der Waals surface area contributed by atoms with Crippen LogP contribution in [-0.2, 0) is 4.74 Å². The van der Waals surface area contributed by atoms with E-state index in [0.717, 1.165) is 0 Å².